The highest BCUT2D eigenvalue weighted by Crippen LogP contribution is 2.13. The van der Waals surface area contributed by atoms with Crippen LogP contribution in [0.2, 0.25) is 0 Å². The second-order valence-corrected chi connectivity index (χ2v) is 5.46. The van der Waals surface area contributed by atoms with Gasteiger partial charge < -0.3 is 20.5 Å². The highest BCUT2D eigenvalue weighted by atomic mass is 16.5. The Kier molecular flexibility index (Phi) is 7.02. The van der Waals surface area contributed by atoms with E-state index in [9.17, 15) is 4.79 Å². The van der Waals surface area contributed by atoms with E-state index in [1.54, 1.807) is 0 Å². The standard InChI is InChI=1S/C16H26N2O3/c1-4-16(3,10-11-19)18-15(20)17-12-13(2)21-14-8-6-5-7-9-14/h5-9,13,19H,4,10-12H2,1-3H3,(H2,17,18,20). The van der Waals surface area contributed by atoms with Crippen LogP contribution in [0, 0.1) is 0 Å². The van der Waals surface area contributed by atoms with Crippen molar-refractivity contribution in [2.45, 2.75) is 45.3 Å². The van der Waals surface area contributed by atoms with Crippen LogP contribution in [0.5, 0.6) is 5.75 Å². The summed E-state index contributed by atoms with van der Waals surface area (Å²) in [7, 11) is 0. The molecule has 2 unspecified atom stereocenters. The molecule has 0 aliphatic rings. The minimum absolute atomic E-state index is 0.0537. The number of urea groups is 1. The molecule has 0 radical (unpaired) electrons. The molecule has 1 aromatic carbocycles. The summed E-state index contributed by atoms with van der Waals surface area (Å²) in [6.45, 7) is 6.28. The molecule has 2 amide bonds. The molecule has 0 bridgehead atoms. The zero-order valence-corrected chi connectivity index (χ0v) is 13.1. The summed E-state index contributed by atoms with van der Waals surface area (Å²) in [4.78, 5) is 11.9. The predicted octanol–water partition coefficient (Wildman–Crippen LogP) is 2.30. The number of benzene rings is 1. The van der Waals surface area contributed by atoms with Gasteiger partial charge in [-0.2, -0.15) is 0 Å². The SMILES string of the molecule is CCC(C)(CCO)NC(=O)NCC(C)Oc1ccccc1. The fraction of sp³-hybridized carbons (Fsp3) is 0.562. The topological polar surface area (TPSA) is 70.6 Å². The summed E-state index contributed by atoms with van der Waals surface area (Å²) in [6, 6.07) is 9.26. The Morgan fingerprint density at radius 2 is 2.05 bits per heavy atom. The van der Waals surface area contributed by atoms with E-state index < -0.39 is 0 Å². The molecule has 118 valence electrons. The highest BCUT2D eigenvalue weighted by Gasteiger charge is 2.23. The van der Waals surface area contributed by atoms with Crippen LogP contribution in [-0.4, -0.2) is 35.9 Å². The zero-order chi connectivity index (χ0) is 15.7. The summed E-state index contributed by atoms with van der Waals surface area (Å²) >= 11 is 0. The molecule has 1 aromatic rings. The molecular formula is C16H26N2O3. The smallest absolute Gasteiger partial charge is 0.315 e. The van der Waals surface area contributed by atoms with Crippen molar-refractivity contribution in [2.24, 2.45) is 0 Å². The van der Waals surface area contributed by atoms with Gasteiger partial charge in [0.1, 0.15) is 11.9 Å². The van der Waals surface area contributed by atoms with Gasteiger partial charge in [-0.05, 0) is 38.8 Å². The van der Waals surface area contributed by atoms with Crippen LogP contribution < -0.4 is 15.4 Å². The van der Waals surface area contributed by atoms with E-state index in [0.717, 1.165) is 12.2 Å². The molecule has 0 spiro atoms. The number of carbonyl (C=O) groups is 1. The van der Waals surface area contributed by atoms with Crippen LogP contribution >= 0.6 is 0 Å². The van der Waals surface area contributed by atoms with Gasteiger partial charge in [-0.15, -0.1) is 0 Å². The van der Waals surface area contributed by atoms with Gasteiger partial charge in [-0.25, -0.2) is 4.79 Å². The molecule has 0 aliphatic heterocycles. The van der Waals surface area contributed by atoms with Crippen LogP contribution in [0.15, 0.2) is 30.3 Å². The van der Waals surface area contributed by atoms with Crippen molar-refractivity contribution in [3.63, 3.8) is 0 Å². The lowest BCUT2D eigenvalue weighted by molar-refractivity contribution is 0.189. The summed E-state index contributed by atoms with van der Waals surface area (Å²) in [5.74, 6) is 0.783. The maximum absolute atomic E-state index is 11.9. The van der Waals surface area contributed by atoms with E-state index in [0.29, 0.717) is 13.0 Å². The lowest BCUT2D eigenvalue weighted by atomic mass is 9.95. The van der Waals surface area contributed by atoms with E-state index in [-0.39, 0.29) is 24.3 Å². The van der Waals surface area contributed by atoms with Crippen molar-refractivity contribution in [1.82, 2.24) is 10.6 Å². The Morgan fingerprint density at radius 1 is 1.38 bits per heavy atom. The molecule has 0 heterocycles. The fourth-order valence-corrected chi connectivity index (χ4v) is 1.90. The molecule has 1 rings (SSSR count). The monoisotopic (exact) mass is 294 g/mol. The first-order valence-corrected chi connectivity index (χ1v) is 7.37. The van der Waals surface area contributed by atoms with E-state index >= 15 is 0 Å². The molecule has 3 N–H and O–H groups in total. The fourth-order valence-electron chi connectivity index (χ4n) is 1.90. The number of rotatable bonds is 8. The number of ether oxygens (including phenoxy) is 1. The summed E-state index contributed by atoms with van der Waals surface area (Å²) in [5, 5.41) is 14.7. The number of carbonyl (C=O) groups excluding carboxylic acids is 1. The predicted molar refractivity (Wildman–Crippen MR) is 83.5 cm³/mol. The largest absolute Gasteiger partial charge is 0.489 e. The third-order valence-electron chi connectivity index (χ3n) is 3.49. The second-order valence-electron chi connectivity index (χ2n) is 5.46. The van der Waals surface area contributed by atoms with Crippen molar-refractivity contribution >= 4 is 6.03 Å². The normalized spacial score (nSPS) is 14.9. The van der Waals surface area contributed by atoms with Gasteiger partial charge in [0.25, 0.3) is 0 Å². The van der Waals surface area contributed by atoms with E-state index in [2.05, 4.69) is 10.6 Å². The molecule has 5 heteroatoms. The van der Waals surface area contributed by atoms with Crippen molar-refractivity contribution in [3.05, 3.63) is 30.3 Å². The second kappa shape index (κ2) is 8.52. The molecule has 5 nitrogen and oxygen atoms in total. The van der Waals surface area contributed by atoms with E-state index in [4.69, 9.17) is 9.84 Å². The molecule has 2 atom stereocenters. The van der Waals surface area contributed by atoms with Gasteiger partial charge in [-0.3, -0.25) is 0 Å². The quantitative estimate of drug-likeness (QED) is 0.689. The zero-order valence-electron chi connectivity index (χ0n) is 13.1. The van der Waals surface area contributed by atoms with Crippen molar-refractivity contribution in [1.29, 1.82) is 0 Å². The number of para-hydroxylation sites is 1. The Labute approximate surface area is 126 Å². The molecule has 21 heavy (non-hydrogen) atoms. The minimum atomic E-state index is -0.387. The number of hydrogen-bond acceptors (Lipinski definition) is 3. The first-order chi connectivity index (χ1) is 9.99. The Morgan fingerprint density at radius 3 is 2.62 bits per heavy atom. The summed E-state index contributed by atoms with van der Waals surface area (Å²) in [5.41, 5.74) is -0.387. The minimum Gasteiger partial charge on any atom is -0.489 e. The van der Waals surface area contributed by atoms with Crippen LogP contribution in [0.4, 0.5) is 4.79 Å². The number of amides is 2. The van der Waals surface area contributed by atoms with Gasteiger partial charge in [0, 0.05) is 12.1 Å². The maximum Gasteiger partial charge on any atom is 0.315 e. The summed E-state index contributed by atoms with van der Waals surface area (Å²) < 4.78 is 5.69. The third kappa shape index (κ3) is 6.49. The number of aliphatic hydroxyl groups is 1. The Balaban J connectivity index is 2.35. The first-order valence-electron chi connectivity index (χ1n) is 7.37. The highest BCUT2D eigenvalue weighted by molar-refractivity contribution is 5.74. The number of hydrogen-bond donors (Lipinski definition) is 3. The van der Waals surface area contributed by atoms with Crippen LogP contribution in [0.3, 0.4) is 0 Å². The van der Waals surface area contributed by atoms with Crippen LogP contribution in [0.25, 0.3) is 0 Å². The van der Waals surface area contributed by atoms with E-state index in [1.165, 1.54) is 0 Å². The van der Waals surface area contributed by atoms with Gasteiger partial charge >= 0.3 is 6.03 Å². The third-order valence-corrected chi connectivity index (χ3v) is 3.49. The van der Waals surface area contributed by atoms with Crippen LogP contribution in [-0.2, 0) is 0 Å². The average Bonchev–Trinajstić information content (AvgIpc) is 2.46. The van der Waals surface area contributed by atoms with Crippen molar-refractivity contribution in [2.75, 3.05) is 13.2 Å². The molecule has 0 saturated heterocycles. The first kappa shape index (κ1) is 17.3. The molecule has 0 aromatic heterocycles. The lowest BCUT2D eigenvalue weighted by Gasteiger charge is -2.29. The van der Waals surface area contributed by atoms with Gasteiger partial charge in [0.15, 0.2) is 0 Å². The van der Waals surface area contributed by atoms with E-state index in [1.807, 2.05) is 51.1 Å². The maximum atomic E-state index is 11.9. The Bertz CT molecular complexity index is 425. The van der Waals surface area contributed by atoms with Crippen molar-refractivity contribution < 1.29 is 14.6 Å². The molecule has 0 aliphatic carbocycles. The van der Waals surface area contributed by atoms with Gasteiger partial charge in [0.05, 0.1) is 6.54 Å². The number of nitrogens with one attached hydrogen (secondary N) is 2. The van der Waals surface area contributed by atoms with Gasteiger partial charge in [0.2, 0.25) is 0 Å². The average molecular weight is 294 g/mol. The lowest BCUT2D eigenvalue weighted by Crippen LogP contribution is -2.51. The molecular weight excluding hydrogens is 268 g/mol. The number of aliphatic hydroxyl groups excluding tert-OH is 1. The molecule has 0 saturated carbocycles. The molecule has 0 fully saturated rings. The summed E-state index contributed by atoms with van der Waals surface area (Å²) in [6.07, 6.45) is 1.17. The van der Waals surface area contributed by atoms with Crippen molar-refractivity contribution in [3.8, 4) is 5.75 Å². The van der Waals surface area contributed by atoms with Crippen LogP contribution in [0.1, 0.15) is 33.6 Å². The Hall–Kier alpha value is -1.75. The van der Waals surface area contributed by atoms with Gasteiger partial charge in [-0.1, -0.05) is 25.1 Å².